The SMILES string of the molecule is COc1ccccc1NC(=O)c1ccc(NC(=O)CCN(C)Cc2ccc(F)cc2F)cc1. The predicted molar refractivity (Wildman–Crippen MR) is 123 cm³/mol. The summed E-state index contributed by atoms with van der Waals surface area (Å²) in [5.41, 5.74) is 1.91. The number of amides is 2. The molecule has 0 aliphatic carbocycles. The van der Waals surface area contributed by atoms with Gasteiger partial charge in [0.1, 0.15) is 17.4 Å². The van der Waals surface area contributed by atoms with E-state index in [0.29, 0.717) is 34.8 Å². The van der Waals surface area contributed by atoms with E-state index in [4.69, 9.17) is 4.74 Å². The van der Waals surface area contributed by atoms with Crippen LogP contribution in [0.2, 0.25) is 0 Å². The van der Waals surface area contributed by atoms with Gasteiger partial charge in [0, 0.05) is 42.4 Å². The Morgan fingerprint density at radius 2 is 1.70 bits per heavy atom. The summed E-state index contributed by atoms with van der Waals surface area (Å²) in [6, 6.07) is 17.1. The largest absolute Gasteiger partial charge is 0.495 e. The number of nitrogens with one attached hydrogen (secondary N) is 2. The van der Waals surface area contributed by atoms with Crippen molar-refractivity contribution in [3.05, 3.63) is 89.5 Å². The first-order valence-corrected chi connectivity index (χ1v) is 10.3. The standard InChI is InChI=1S/C25H25F2N3O3/c1-30(16-18-7-10-19(26)15-21(18)27)14-13-24(31)28-20-11-8-17(9-12-20)25(32)29-22-5-3-4-6-23(22)33-2/h3-12,15H,13-14,16H2,1-2H3,(H,28,31)(H,29,32). The van der Waals surface area contributed by atoms with E-state index in [2.05, 4.69) is 10.6 Å². The summed E-state index contributed by atoms with van der Waals surface area (Å²) < 4.78 is 32.0. The van der Waals surface area contributed by atoms with E-state index in [1.807, 2.05) is 6.07 Å². The molecule has 0 fully saturated rings. The first kappa shape index (κ1) is 23.9. The first-order valence-electron chi connectivity index (χ1n) is 10.3. The Kier molecular flexibility index (Phi) is 8.10. The predicted octanol–water partition coefficient (Wildman–Crippen LogP) is 4.69. The second kappa shape index (κ2) is 11.2. The van der Waals surface area contributed by atoms with Crippen LogP contribution in [0.15, 0.2) is 66.7 Å². The highest BCUT2D eigenvalue weighted by molar-refractivity contribution is 6.05. The molecule has 0 heterocycles. The molecule has 8 heteroatoms. The molecule has 2 N–H and O–H groups in total. The molecule has 33 heavy (non-hydrogen) atoms. The Bertz CT molecular complexity index is 1120. The molecule has 0 bridgehead atoms. The second-order valence-corrected chi connectivity index (χ2v) is 7.50. The molecule has 0 radical (unpaired) electrons. The third-order valence-corrected chi connectivity index (χ3v) is 4.96. The normalized spacial score (nSPS) is 10.7. The maximum atomic E-state index is 13.8. The number of hydrogen-bond acceptors (Lipinski definition) is 4. The number of nitrogens with zero attached hydrogens (tertiary/aromatic N) is 1. The molecule has 0 aliphatic heterocycles. The summed E-state index contributed by atoms with van der Waals surface area (Å²) in [4.78, 5) is 26.5. The number of benzene rings is 3. The molecule has 0 saturated heterocycles. The fourth-order valence-electron chi connectivity index (χ4n) is 3.18. The van der Waals surface area contributed by atoms with Crippen molar-refractivity contribution in [2.45, 2.75) is 13.0 Å². The fraction of sp³-hybridized carbons (Fsp3) is 0.200. The van der Waals surface area contributed by atoms with Crippen molar-refractivity contribution in [3.8, 4) is 5.75 Å². The lowest BCUT2D eigenvalue weighted by Crippen LogP contribution is -2.24. The molecule has 3 aromatic carbocycles. The zero-order chi connectivity index (χ0) is 23.8. The lowest BCUT2D eigenvalue weighted by molar-refractivity contribution is -0.116. The number of halogens is 2. The smallest absolute Gasteiger partial charge is 0.255 e. The van der Waals surface area contributed by atoms with Crippen molar-refractivity contribution in [1.29, 1.82) is 0 Å². The highest BCUT2D eigenvalue weighted by atomic mass is 19.1. The van der Waals surface area contributed by atoms with Crippen LogP contribution >= 0.6 is 0 Å². The van der Waals surface area contributed by atoms with Crippen molar-refractivity contribution in [1.82, 2.24) is 4.90 Å². The van der Waals surface area contributed by atoms with Crippen LogP contribution < -0.4 is 15.4 Å². The molecule has 0 spiro atoms. The van der Waals surface area contributed by atoms with Gasteiger partial charge in [-0.15, -0.1) is 0 Å². The highest BCUT2D eigenvalue weighted by Crippen LogP contribution is 2.24. The number of carbonyl (C=O) groups is 2. The maximum Gasteiger partial charge on any atom is 0.255 e. The molecule has 0 atom stereocenters. The van der Waals surface area contributed by atoms with Gasteiger partial charge in [0.2, 0.25) is 5.91 Å². The number of carbonyl (C=O) groups excluding carboxylic acids is 2. The van der Waals surface area contributed by atoms with Gasteiger partial charge in [-0.2, -0.15) is 0 Å². The van der Waals surface area contributed by atoms with Crippen LogP contribution in [0.5, 0.6) is 5.75 Å². The fourth-order valence-corrected chi connectivity index (χ4v) is 3.18. The van der Waals surface area contributed by atoms with E-state index in [0.717, 1.165) is 6.07 Å². The minimum absolute atomic E-state index is 0.190. The molecule has 0 unspecified atom stereocenters. The summed E-state index contributed by atoms with van der Waals surface area (Å²) >= 11 is 0. The zero-order valence-corrected chi connectivity index (χ0v) is 18.4. The molecular formula is C25H25F2N3O3. The number of anilines is 2. The Morgan fingerprint density at radius 1 is 0.970 bits per heavy atom. The molecule has 0 aromatic heterocycles. The molecule has 6 nitrogen and oxygen atoms in total. The van der Waals surface area contributed by atoms with Gasteiger partial charge in [-0.05, 0) is 49.5 Å². The molecule has 2 amide bonds. The Balaban J connectivity index is 1.48. The summed E-state index contributed by atoms with van der Waals surface area (Å²) in [6.07, 6.45) is 0.190. The van der Waals surface area contributed by atoms with Gasteiger partial charge in [-0.1, -0.05) is 18.2 Å². The Morgan fingerprint density at radius 3 is 2.39 bits per heavy atom. The van der Waals surface area contributed by atoms with E-state index in [-0.39, 0.29) is 24.8 Å². The number of rotatable bonds is 9. The number of para-hydroxylation sites is 2. The first-order chi connectivity index (χ1) is 15.9. The van der Waals surface area contributed by atoms with Crippen molar-refractivity contribution >= 4 is 23.2 Å². The molecule has 0 saturated carbocycles. The van der Waals surface area contributed by atoms with Gasteiger partial charge < -0.3 is 20.3 Å². The molecule has 3 rings (SSSR count). The van der Waals surface area contributed by atoms with Gasteiger partial charge in [0.25, 0.3) is 5.91 Å². The maximum absolute atomic E-state index is 13.8. The Labute approximate surface area is 191 Å². The van der Waals surface area contributed by atoms with Crippen molar-refractivity contribution in [3.63, 3.8) is 0 Å². The molecule has 172 valence electrons. The number of methoxy groups -OCH3 is 1. The van der Waals surface area contributed by atoms with Crippen LogP contribution in [-0.4, -0.2) is 37.4 Å². The second-order valence-electron chi connectivity index (χ2n) is 7.50. The van der Waals surface area contributed by atoms with E-state index >= 15 is 0 Å². The number of ether oxygens (including phenoxy) is 1. The minimum Gasteiger partial charge on any atom is -0.495 e. The summed E-state index contributed by atoms with van der Waals surface area (Å²) in [6.45, 7) is 0.650. The Hall–Kier alpha value is -3.78. The van der Waals surface area contributed by atoms with Crippen LogP contribution in [-0.2, 0) is 11.3 Å². The van der Waals surface area contributed by atoms with Gasteiger partial charge in [-0.3, -0.25) is 9.59 Å². The summed E-state index contributed by atoms with van der Waals surface area (Å²) in [5, 5.41) is 5.57. The molecule has 3 aromatic rings. The zero-order valence-electron chi connectivity index (χ0n) is 18.4. The van der Waals surface area contributed by atoms with Crippen LogP contribution in [0.3, 0.4) is 0 Å². The average Bonchev–Trinajstić information content (AvgIpc) is 2.80. The van der Waals surface area contributed by atoms with E-state index < -0.39 is 11.6 Å². The monoisotopic (exact) mass is 453 g/mol. The summed E-state index contributed by atoms with van der Waals surface area (Å²) in [7, 11) is 3.28. The van der Waals surface area contributed by atoms with Gasteiger partial charge in [0.15, 0.2) is 0 Å². The third kappa shape index (κ3) is 6.85. The van der Waals surface area contributed by atoms with E-state index in [9.17, 15) is 18.4 Å². The minimum atomic E-state index is -0.624. The lowest BCUT2D eigenvalue weighted by Gasteiger charge is -2.17. The molecule has 0 aliphatic rings. The van der Waals surface area contributed by atoms with Crippen LogP contribution in [0.4, 0.5) is 20.2 Å². The van der Waals surface area contributed by atoms with Gasteiger partial charge in [-0.25, -0.2) is 8.78 Å². The van der Waals surface area contributed by atoms with Crippen LogP contribution in [0, 0.1) is 11.6 Å². The van der Waals surface area contributed by atoms with Crippen LogP contribution in [0.25, 0.3) is 0 Å². The van der Waals surface area contributed by atoms with Crippen LogP contribution in [0.1, 0.15) is 22.3 Å². The topological polar surface area (TPSA) is 70.7 Å². The van der Waals surface area contributed by atoms with Crippen molar-refractivity contribution in [2.24, 2.45) is 0 Å². The quantitative estimate of drug-likeness (QED) is 0.493. The van der Waals surface area contributed by atoms with E-state index in [1.165, 1.54) is 19.2 Å². The lowest BCUT2D eigenvalue weighted by atomic mass is 10.1. The van der Waals surface area contributed by atoms with Gasteiger partial charge >= 0.3 is 0 Å². The van der Waals surface area contributed by atoms with Gasteiger partial charge in [0.05, 0.1) is 12.8 Å². The van der Waals surface area contributed by atoms with Crippen molar-refractivity contribution < 1.29 is 23.1 Å². The van der Waals surface area contributed by atoms with E-state index in [1.54, 1.807) is 54.4 Å². The third-order valence-electron chi connectivity index (χ3n) is 4.96. The average molecular weight is 453 g/mol. The van der Waals surface area contributed by atoms with Crippen molar-refractivity contribution in [2.75, 3.05) is 31.3 Å². The molecular weight excluding hydrogens is 428 g/mol. The number of hydrogen-bond donors (Lipinski definition) is 2. The summed E-state index contributed by atoms with van der Waals surface area (Å²) in [5.74, 6) is -1.19. The highest BCUT2D eigenvalue weighted by Gasteiger charge is 2.11.